The summed E-state index contributed by atoms with van der Waals surface area (Å²) >= 11 is 11.7. The van der Waals surface area contributed by atoms with E-state index in [0.29, 0.717) is 22.4 Å². The quantitative estimate of drug-likeness (QED) is 0.0887. The summed E-state index contributed by atoms with van der Waals surface area (Å²) in [4.78, 5) is 49.0. The number of nitrogens with zero attached hydrogens (tertiary/aromatic N) is 2. The largest absolute Gasteiger partial charge is 0.496 e. The van der Waals surface area contributed by atoms with Crippen LogP contribution in [0.3, 0.4) is 0 Å². The number of rotatable bonds is 13. The van der Waals surface area contributed by atoms with Gasteiger partial charge in [0.15, 0.2) is 0 Å². The van der Waals surface area contributed by atoms with E-state index in [1.807, 2.05) is 27.7 Å². The second-order valence-electron chi connectivity index (χ2n) is 15.1. The lowest BCUT2D eigenvalue weighted by atomic mass is 9.98. The molecule has 2 atom stereocenters. The summed E-state index contributed by atoms with van der Waals surface area (Å²) in [5.74, 6) is -4.47. The van der Waals surface area contributed by atoms with Crippen LogP contribution in [0.15, 0.2) is 82.6 Å². The number of hydrogen-bond acceptors (Lipinski definition) is 7. The standard InChI is InChI=1S/C23H23ClFNO5.C22H20ClF2NO4/c1-12(2)19(11-27)26-10-16(23(29)30)22(28)15-8-14(20(31-3)9-18(15)26)7-13-5-4-6-17(24)21(13)25;1-11(2)19(10-27)26-9-15(22(29)30)21(28)14-7-13(17(24)8-18(14)26)6-12-4-3-5-16(23)20(12)25/h4-6,8-10,12,19,27H,7,11H2,1-3H3,(H,29,30);3-5,7-9,11,19,27H,6,10H2,1-2H3,(H,29,30)/t2*19-/m00/s1. The highest BCUT2D eigenvalue weighted by Crippen LogP contribution is 2.32. The van der Waals surface area contributed by atoms with Gasteiger partial charge in [-0.25, -0.2) is 22.8 Å². The molecule has 0 fully saturated rings. The number of aliphatic hydroxyl groups excluding tert-OH is 2. The van der Waals surface area contributed by atoms with E-state index < -0.39 is 63.5 Å². The number of aromatic carboxylic acids is 2. The molecule has 322 valence electrons. The number of carboxylic acid groups (broad SMARTS) is 2. The van der Waals surface area contributed by atoms with Crippen molar-refractivity contribution < 1.29 is 47.9 Å². The molecular weight excluding hydrogens is 840 g/mol. The third-order valence-corrected chi connectivity index (χ3v) is 11.1. The van der Waals surface area contributed by atoms with Crippen LogP contribution in [0.4, 0.5) is 13.2 Å². The number of pyridine rings is 2. The van der Waals surface area contributed by atoms with Crippen molar-refractivity contribution in [2.24, 2.45) is 11.8 Å². The smallest absolute Gasteiger partial charge is 0.341 e. The summed E-state index contributed by atoms with van der Waals surface area (Å²) in [6, 6.07) is 13.5. The van der Waals surface area contributed by atoms with E-state index in [9.17, 15) is 52.8 Å². The minimum atomic E-state index is -1.43. The van der Waals surface area contributed by atoms with Gasteiger partial charge in [-0.3, -0.25) is 9.59 Å². The van der Waals surface area contributed by atoms with Crippen molar-refractivity contribution in [3.05, 3.63) is 154 Å². The Morgan fingerprint density at radius 3 is 1.46 bits per heavy atom. The molecule has 0 unspecified atom stereocenters. The van der Waals surface area contributed by atoms with Crippen LogP contribution in [0, 0.1) is 29.3 Å². The lowest BCUT2D eigenvalue weighted by Gasteiger charge is -2.25. The highest BCUT2D eigenvalue weighted by Gasteiger charge is 2.25. The Kier molecular flexibility index (Phi) is 14.7. The van der Waals surface area contributed by atoms with Gasteiger partial charge in [0.25, 0.3) is 0 Å². The first-order chi connectivity index (χ1) is 28.8. The Balaban J connectivity index is 0.000000231. The predicted molar refractivity (Wildman–Crippen MR) is 227 cm³/mol. The van der Waals surface area contributed by atoms with Crippen molar-refractivity contribution in [2.75, 3.05) is 20.3 Å². The Bertz CT molecular complexity index is 2770. The highest BCUT2D eigenvalue weighted by molar-refractivity contribution is 6.31. The molecule has 0 spiro atoms. The molecule has 2 heterocycles. The van der Waals surface area contributed by atoms with Crippen molar-refractivity contribution in [1.82, 2.24) is 9.13 Å². The van der Waals surface area contributed by atoms with Gasteiger partial charge in [0.05, 0.1) is 53.5 Å². The first-order valence-corrected chi connectivity index (χ1v) is 19.8. The molecule has 0 aliphatic rings. The van der Waals surface area contributed by atoms with Crippen LogP contribution in [0.25, 0.3) is 21.8 Å². The molecule has 2 aromatic heterocycles. The number of methoxy groups -OCH3 is 1. The zero-order chi connectivity index (χ0) is 45.0. The minimum absolute atomic E-state index is 0.0181. The molecule has 0 radical (unpaired) electrons. The molecule has 61 heavy (non-hydrogen) atoms. The van der Waals surface area contributed by atoms with E-state index in [1.54, 1.807) is 22.8 Å². The topological polar surface area (TPSA) is 168 Å². The zero-order valence-electron chi connectivity index (χ0n) is 33.7. The van der Waals surface area contributed by atoms with Crippen LogP contribution in [0.1, 0.15) is 82.7 Å². The van der Waals surface area contributed by atoms with Gasteiger partial charge in [-0.2, -0.15) is 0 Å². The molecule has 0 aliphatic heterocycles. The van der Waals surface area contributed by atoms with E-state index in [0.717, 1.165) is 12.3 Å². The van der Waals surface area contributed by atoms with Gasteiger partial charge in [-0.1, -0.05) is 75.2 Å². The van der Waals surface area contributed by atoms with E-state index in [-0.39, 0.29) is 75.4 Å². The normalized spacial score (nSPS) is 12.4. The molecule has 4 N–H and O–H groups in total. The third-order valence-electron chi connectivity index (χ3n) is 10.5. The Morgan fingerprint density at radius 2 is 1.07 bits per heavy atom. The van der Waals surface area contributed by atoms with Crippen LogP contribution >= 0.6 is 23.2 Å². The van der Waals surface area contributed by atoms with Gasteiger partial charge < -0.3 is 34.3 Å². The van der Waals surface area contributed by atoms with Crippen molar-refractivity contribution >= 4 is 56.9 Å². The number of hydrogen-bond donors (Lipinski definition) is 4. The van der Waals surface area contributed by atoms with Crippen molar-refractivity contribution in [3.8, 4) is 5.75 Å². The lowest BCUT2D eigenvalue weighted by Crippen LogP contribution is -2.25. The average Bonchev–Trinajstić information content (AvgIpc) is 3.20. The van der Waals surface area contributed by atoms with Crippen LogP contribution in [-0.4, -0.2) is 61.8 Å². The number of aromatic nitrogens is 2. The second-order valence-corrected chi connectivity index (χ2v) is 15.9. The molecule has 0 aliphatic carbocycles. The fourth-order valence-corrected chi connectivity index (χ4v) is 7.56. The Morgan fingerprint density at radius 1 is 0.656 bits per heavy atom. The molecule has 0 bridgehead atoms. The first kappa shape index (κ1) is 46.4. The van der Waals surface area contributed by atoms with Gasteiger partial charge in [0.2, 0.25) is 10.9 Å². The molecule has 6 rings (SSSR count). The summed E-state index contributed by atoms with van der Waals surface area (Å²) in [6.07, 6.45) is 2.31. The van der Waals surface area contributed by atoms with Gasteiger partial charge in [0.1, 0.15) is 34.3 Å². The lowest BCUT2D eigenvalue weighted by molar-refractivity contribution is 0.0683. The summed E-state index contributed by atoms with van der Waals surface area (Å²) < 4.78 is 52.1. The monoisotopic (exact) mass is 882 g/mol. The first-order valence-electron chi connectivity index (χ1n) is 19.0. The van der Waals surface area contributed by atoms with Gasteiger partial charge in [-0.15, -0.1) is 0 Å². The summed E-state index contributed by atoms with van der Waals surface area (Å²) in [5, 5.41) is 38.7. The minimum Gasteiger partial charge on any atom is -0.496 e. The fraction of sp³-hybridized carbons (Fsp3) is 0.289. The maximum Gasteiger partial charge on any atom is 0.341 e. The number of carbonyl (C=O) groups is 2. The molecule has 16 heteroatoms. The number of ether oxygens (including phenoxy) is 1. The molecule has 0 amide bonds. The number of aliphatic hydroxyl groups is 2. The maximum absolute atomic E-state index is 14.9. The molecule has 0 saturated heterocycles. The number of halogens is 5. The Labute approximate surface area is 357 Å². The van der Waals surface area contributed by atoms with Gasteiger partial charge >= 0.3 is 11.9 Å². The van der Waals surface area contributed by atoms with E-state index in [4.69, 9.17) is 27.9 Å². The number of carboxylic acids is 2. The second kappa shape index (κ2) is 19.4. The number of benzene rings is 4. The average molecular weight is 884 g/mol. The molecule has 11 nitrogen and oxygen atoms in total. The summed E-state index contributed by atoms with van der Waals surface area (Å²) in [6.45, 7) is 6.84. The molecule has 0 saturated carbocycles. The molecular formula is C45H43Cl2F3N2O9. The van der Waals surface area contributed by atoms with Crippen molar-refractivity contribution in [1.29, 1.82) is 0 Å². The third kappa shape index (κ3) is 9.62. The summed E-state index contributed by atoms with van der Waals surface area (Å²) in [5.41, 5.74) is -0.754. The predicted octanol–water partition coefficient (Wildman–Crippen LogP) is 8.69. The van der Waals surface area contributed by atoms with E-state index in [1.165, 1.54) is 54.3 Å². The van der Waals surface area contributed by atoms with Crippen LogP contribution in [-0.2, 0) is 12.8 Å². The highest BCUT2D eigenvalue weighted by atomic mass is 35.5. The number of fused-ring (bicyclic) bond motifs is 2. The van der Waals surface area contributed by atoms with E-state index in [2.05, 4.69) is 0 Å². The zero-order valence-corrected chi connectivity index (χ0v) is 35.2. The summed E-state index contributed by atoms with van der Waals surface area (Å²) in [7, 11) is 1.46. The Hall–Kier alpha value is -5.67. The van der Waals surface area contributed by atoms with Crippen molar-refractivity contribution in [2.45, 2.75) is 52.6 Å². The maximum atomic E-state index is 14.9. The van der Waals surface area contributed by atoms with Gasteiger partial charge in [-0.05, 0) is 64.4 Å². The SMILES string of the molecule is CC(C)[C@H](CO)n1cc(C(=O)O)c(=O)c2cc(Cc3cccc(Cl)c3F)c(F)cc21.COc1cc2c(cc1Cc1cccc(Cl)c1F)c(=O)c(C(=O)O)cn2[C@@H](CO)C(C)C. The van der Waals surface area contributed by atoms with Crippen LogP contribution in [0.2, 0.25) is 10.0 Å². The van der Waals surface area contributed by atoms with Crippen molar-refractivity contribution in [3.63, 3.8) is 0 Å². The fourth-order valence-electron chi connectivity index (χ4n) is 7.17. The molecule has 4 aromatic carbocycles. The van der Waals surface area contributed by atoms with E-state index >= 15 is 0 Å². The van der Waals surface area contributed by atoms with Crippen LogP contribution < -0.4 is 15.6 Å². The van der Waals surface area contributed by atoms with Gasteiger partial charge in [0, 0.05) is 42.1 Å². The molecule has 6 aromatic rings. The van der Waals surface area contributed by atoms with Crippen LogP contribution in [0.5, 0.6) is 5.75 Å².